The molecule has 1 atom stereocenters. The van der Waals surface area contributed by atoms with Gasteiger partial charge in [0, 0.05) is 24.2 Å². The average Bonchev–Trinajstić information content (AvgIpc) is 3.24. The Bertz CT molecular complexity index is 844. The van der Waals surface area contributed by atoms with Crippen LogP contribution < -0.4 is 0 Å². The molecule has 0 aliphatic rings. The number of rotatable bonds is 6. The lowest BCUT2D eigenvalue weighted by atomic mass is 10.2. The zero-order valence-corrected chi connectivity index (χ0v) is 13.8. The summed E-state index contributed by atoms with van der Waals surface area (Å²) in [4.78, 5) is 10.2. The van der Waals surface area contributed by atoms with Gasteiger partial charge in [-0.2, -0.15) is 0 Å². The maximum atomic E-state index is 10.7. The van der Waals surface area contributed by atoms with Crippen molar-refractivity contribution in [1.29, 1.82) is 0 Å². The van der Waals surface area contributed by atoms with E-state index in [1.54, 1.807) is 18.5 Å². The van der Waals surface area contributed by atoms with Gasteiger partial charge in [-0.15, -0.1) is 20.4 Å². The molecule has 1 unspecified atom stereocenters. The molecule has 3 aromatic rings. The van der Waals surface area contributed by atoms with Gasteiger partial charge in [-0.1, -0.05) is 11.8 Å². The number of hydrogen-bond donors (Lipinski definition) is 0. The van der Waals surface area contributed by atoms with Crippen molar-refractivity contribution in [2.24, 2.45) is 0 Å². The summed E-state index contributed by atoms with van der Waals surface area (Å²) in [5.74, 6) is 0.781. The van der Waals surface area contributed by atoms with E-state index >= 15 is 0 Å². The van der Waals surface area contributed by atoms with Gasteiger partial charge in [-0.05, 0) is 26.0 Å². The Balaban J connectivity index is 1.76. The second kappa shape index (κ2) is 6.79. The molecule has 2 heterocycles. The summed E-state index contributed by atoms with van der Waals surface area (Å²) < 4.78 is 7.61. The molecule has 0 radical (unpaired) electrons. The number of nitrogens with zero attached hydrogens (tertiary/aromatic N) is 6. The predicted octanol–water partition coefficient (Wildman–Crippen LogP) is 3.11. The van der Waals surface area contributed by atoms with Crippen LogP contribution in [-0.4, -0.2) is 29.9 Å². The van der Waals surface area contributed by atoms with Gasteiger partial charge in [-0.3, -0.25) is 10.1 Å². The van der Waals surface area contributed by atoms with Crippen LogP contribution in [-0.2, 0) is 6.54 Å². The highest BCUT2D eigenvalue weighted by atomic mass is 32.2. The topological polar surface area (TPSA) is 113 Å². The molecular weight excluding hydrogens is 332 g/mol. The highest BCUT2D eigenvalue weighted by molar-refractivity contribution is 7.99. The van der Waals surface area contributed by atoms with Crippen molar-refractivity contribution in [3.05, 3.63) is 46.6 Å². The van der Waals surface area contributed by atoms with Crippen molar-refractivity contribution >= 4 is 17.4 Å². The van der Waals surface area contributed by atoms with E-state index in [0.29, 0.717) is 17.3 Å². The fourth-order valence-electron chi connectivity index (χ4n) is 2.00. The first-order valence-electron chi connectivity index (χ1n) is 7.21. The number of nitro benzene ring substituents is 1. The number of benzene rings is 1. The van der Waals surface area contributed by atoms with Gasteiger partial charge < -0.3 is 8.98 Å². The van der Waals surface area contributed by atoms with Gasteiger partial charge in [0.2, 0.25) is 11.8 Å². The SMILES string of the molecule is CCn1cnnc1SC(C)c1nnc(-c2ccc([N+](=O)[O-])cc2)o1. The summed E-state index contributed by atoms with van der Waals surface area (Å²) in [5.41, 5.74) is 0.648. The zero-order chi connectivity index (χ0) is 17.1. The number of aromatic nitrogens is 5. The molecule has 124 valence electrons. The lowest BCUT2D eigenvalue weighted by Gasteiger charge is -2.06. The van der Waals surface area contributed by atoms with E-state index in [1.165, 1.54) is 23.9 Å². The van der Waals surface area contributed by atoms with Crippen LogP contribution in [0.1, 0.15) is 25.0 Å². The molecule has 0 amide bonds. The van der Waals surface area contributed by atoms with Crippen LogP contribution in [0.4, 0.5) is 5.69 Å². The van der Waals surface area contributed by atoms with Crippen LogP contribution in [0.3, 0.4) is 0 Å². The molecule has 2 aromatic heterocycles. The van der Waals surface area contributed by atoms with Crippen LogP contribution in [0.15, 0.2) is 40.2 Å². The average molecular weight is 346 g/mol. The molecule has 0 saturated heterocycles. The lowest BCUT2D eigenvalue weighted by Crippen LogP contribution is -1.97. The Morgan fingerprint density at radius 1 is 1.29 bits per heavy atom. The number of thioether (sulfide) groups is 1. The number of nitro groups is 1. The minimum atomic E-state index is -0.453. The Labute approximate surface area is 141 Å². The van der Waals surface area contributed by atoms with Gasteiger partial charge in [-0.25, -0.2) is 0 Å². The molecule has 9 nitrogen and oxygen atoms in total. The summed E-state index contributed by atoms with van der Waals surface area (Å²) in [5, 5.41) is 27.4. The maximum Gasteiger partial charge on any atom is 0.269 e. The molecule has 0 N–H and O–H groups in total. The molecule has 0 aliphatic carbocycles. The van der Waals surface area contributed by atoms with Crippen LogP contribution in [0.5, 0.6) is 0 Å². The minimum Gasteiger partial charge on any atom is -0.419 e. The van der Waals surface area contributed by atoms with Crippen molar-refractivity contribution in [2.45, 2.75) is 30.8 Å². The fourth-order valence-corrected chi connectivity index (χ4v) is 2.92. The summed E-state index contributed by atoms with van der Waals surface area (Å²) in [6.45, 7) is 4.73. The Kier molecular flexibility index (Phi) is 4.56. The highest BCUT2D eigenvalue weighted by Crippen LogP contribution is 2.34. The Hall–Kier alpha value is -2.75. The fraction of sp³-hybridized carbons (Fsp3) is 0.286. The highest BCUT2D eigenvalue weighted by Gasteiger charge is 2.19. The van der Waals surface area contributed by atoms with Crippen molar-refractivity contribution in [3.63, 3.8) is 0 Å². The molecule has 0 fully saturated rings. The van der Waals surface area contributed by atoms with E-state index in [4.69, 9.17) is 4.42 Å². The lowest BCUT2D eigenvalue weighted by molar-refractivity contribution is -0.384. The zero-order valence-electron chi connectivity index (χ0n) is 13.0. The Morgan fingerprint density at radius 3 is 2.71 bits per heavy atom. The molecule has 24 heavy (non-hydrogen) atoms. The third-order valence-corrected chi connectivity index (χ3v) is 4.40. The second-order valence-electron chi connectivity index (χ2n) is 4.91. The molecule has 1 aromatic carbocycles. The number of non-ortho nitro benzene ring substituents is 1. The third-order valence-electron chi connectivity index (χ3n) is 3.32. The van der Waals surface area contributed by atoms with Crippen molar-refractivity contribution in [2.75, 3.05) is 0 Å². The number of aryl methyl sites for hydroxylation is 1. The molecule has 3 rings (SSSR count). The third kappa shape index (κ3) is 3.27. The van der Waals surface area contributed by atoms with E-state index in [-0.39, 0.29) is 10.9 Å². The first-order valence-corrected chi connectivity index (χ1v) is 8.09. The maximum absolute atomic E-state index is 10.7. The van der Waals surface area contributed by atoms with Crippen LogP contribution >= 0.6 is 11.8 Å². The molecule has 0 bridgehead atoms. The van der Waals surface area contributed by atoms with Crippen molar-refractivity contribution < 1.29 is 9.34 Å². The van der Waals surface area contributed by atoms with Crippen molar-refractivity contribution in [1.82, 2.24) is 25.0 Å². The van der Waals surface area contributed by atoms with E-state index in [2.05, 4.69) is 20.4 Å². The standard InChI is InChI=1S/C14H14N6O3S/c1-3-19-8-15-18-14(19)24-9(2)12-16-17-13(23-12)10-4-6-11(7-5-10)20(21)22/h4-9H,3H2,1-2H3. The van der Waals surface area contributed by atoms with Crippen LogP contribution in [0.2, 0.25) is 0 Å². The second-order valence-corrected chi connectivity index (χ2v) is 6.22. The normalized spacial score (nSPS) is 12.2. The minimum absolute atomic E-state index is 0.0151. The van der Waals surface area contributed by atoms with E-state index in [1.807, 2.05) is 18.4 Å². The number of hydrogen-bond acceptors (Lipinski definition) is 8. The van der Waals surface area contributed by atoms with E-state index < -0.39 is 4.92 Å². The largest absolute Gasteiger partial charge is 0.419 e. The summed E-state index contributed by atoms with van der Waals surface area (Å²) in [6.07, 6.45) is 1.67. The molecule has 0 spiro atoms. The van der Waals surface area contributed by atoms with E-state index in [0.717, 1.165) is 11.7 Å². The predicted molar refractivity (Wildman–Crippen MR) is 86.4 cm³/mol. The van der Waals surface area contributed by atoms with Gasteiger partial charge >= 0.3 is 0 Å². The van der Waals surface area contributed by atoms with Crippen LogP contribution in [0, 0.1) is 10.1 Å². The van der Waals surface area contributed by atoms with Gasteiger partial charge in [0.05, 0.1) is 10.2 Å². The molecular formula is C14H14N6O3S. The summed E-state index contributed by atoms with van der Waals surface area (Å²) >= 11 is 1.47. The molecule has 0 saturated carbocycles. The Morgan fingerprint density at radius 2 is 2.04 bits per heavy atom. The van der Waals surface area contributed by atoms with Crippen LogP contribution in [0.25, 0.3) is 11.5 Å². The monoisotopic (exact) mass is 346 g/mol. The smallest absolute Gasteiger partial charge is 0.269 e. The quantitative estimate of drug-likeness (QED) is 0.380. The van der Waals surface area contributed by atoms with Gasteiger partial charge in [0.1, 0.15) is 6.33 Å². The summed E-state index contributed by atoms with van der Waals surface area (Å²) in [7, 11) is 0. The van der Waals surface area contributed by atoms with Gasteiger partial charge in [0.25, 0.3) is 5.69 Å². The molecule has 0 aliphatic heterocycles. The first kappa shape index (κ1) is 16.1. The van der Waals surface area contributed by atoms with E-state index in [9.17, 15) is 10.1 Å². The van der Waals surface area contributed by atoms with Crippen molar-refractivity contribution in [3.8, 4) is 11.5 Å². The van der Waals surface area contributed by atoms with Gasteiger partial charge in [0.15, 0.2) is 5.16 Å². The first-order chi connectivity index (χ1) is 11.6. The molecule has 10 heteroatoms. The summed E-state index contributed by atoms with van der Waals surface area (Å²) in [6, 6.07) is 5.98.